The van der Waals surface area contributed by atoms with Crippen LogP contribution < -0.4 is 0 Å². The van der Waals surface area contributed by atoms with Gasteiger partial charge in [-0.05, 0) is 54.4 Å². The van der Waals surface area contributed by atoms with Crippen LogP contribution in [0, 0.1) is 52.3 Å². The summed E-state index contributed by atoms with van der Waals surface area (Å²) in [5.74, 6) is -5.74. The number of hydrogen-bond donors (Lipinski definition) is 3. The standard InChI is InChI=1S/C39H52O10/c1-20(2)24(7)33(43)48-32-22(5)16-37-23(6)17-38(49-34(44)25(8)21(3)4)29(28(31(37)42)15-27(18-40)30(41)39(32,37)46)36(38,9)19-47-35(45)26-13-11-10-12-14-26/h10-16,20-21,23-25,28-30,32,40-41,46H,17-19H2,1-9H3/t23-,24?,25?,28+,29-,30-,32+,36+,37+,38+,39+/m1/s1. The van der Waals surface area contributed by atoms with Crippen molar-refractivity contribution in [1.29, 1.82) is 0 Å². The number of ether oxygens (including phenoxy) is 3. The number of carbonyl (C=O) groups is 4. The summed E-state index contributed by atoms with van der Waals surface area (Å²) >= 11 is 0. The smallest absolute Gasteiger partial charge is 0.338 e. The molecule has 3 N–H and O–H groups in total. The van der Waals surface area contributed by atoms with Crippen molar-refractivity contribution in [2.24, 2.45) is 52.3 Å². The highest BCUT2D eigenvalue weighted by Gasteiger charge is 2.85. The van der Waals surface area contributed by atoms with Crippen molar-refractivity contribution in [2.75, 3.05) is 13.2 Å². The Balaban J connectivity index is 1.64. The maximum absolute atomic E-state index is 15.2. The molecule has 1 aromatic rings. The maximum atomic E-state index is 15.2. The number of allylic oxidation sites excluding steroid dienone is 1. The number of aliphatic hydroxyl groups excluding tert-OH is 2. The molecule has 1 spiro atoms. The zero-order valence-corrected chi connectivity index (χ0v) is 30.1. The molecule has 11 atom stereocenters. The average Bonchev–Trinajstić information content (AvgIpc) is 3.50. The SMILES string of the molecule is CC1=C[C@]23C(=O)[C@@H](C=C(CO)[C@@H](O)[C@]2(O)[C@H]1OC(=O)C(C)C(C)C)[C@@H]1[C@](C)(COC(=O)c2ccccc2)[C@]1(OC(=O)C(C)C(C)C)C[C@H]3C. The highest BCUT2D eigenvalue weighted by atomic mass is 16.6. The van der Waals surface area contributed by atoms with E-state index in [1.165, 1.54) is 6.08 Å². The Bertz CT molecular complexity index is 1560. The minimum absolute atomic E-state index is 0.0100. The molecule has 10 heteroatoms. The first kappa shape index (κ1) is 36.9. The molecule has 2 saturated carbocycles. The van der Waals surface area contributed by atoms with E-state index in [0.717, 1.165) is 0 Å². The highest BCUT2D eigenvalue weighted by molar-refractivity contribution is 5.96. The molecule has 4 aliphatic rings. The van der Waals surface area contributed by atoms with Crippen LogP contribution in [0.25, 0.3) is 0 Å². The van der Waals surface area contributed by atoms with E-state index in [0.29, 0.717) is 11.1 Å². The van der Waals surface area contributed by atoms with Gasteiger partial charge in [-0.25, -0.2) is 4.79 Å². The van der Waals surface area contributed by atoms with Gasteiger partial charge in [0.1, 0.15) is 18.3 Å². The largest absolute Gasteiger partial charge is 0.461 e. The van der Waals surface area contributed by atoms with Gasteiger partial charge in [-0.15, -0.1) is 0 Å². The van der Waals surface area contributed by atoms with E-state index in [9.17, 15) is 29.7 Å². The van der Waals surface area contributed by atoms with Crippen LogP contribution in [0.1, 0.15) is 79.1 Å². The van der Waals surface area contributed by atoms with Crippen LogP contribution in [0.4, 0.5) is 0 Å². The molecule has 49 heavy (non-hydrogen) atoms. The molecule has 1 aromatic carbocycles. The molecular weight excluding hydrogens is 628 g/mol. The number of Topliss-reactive ketones (excluding diaryl/α,β-unsaturated/α-hetero) is 1. The summed E-state index contributed by atoms with van der Waals surface area (Å²) in [5, 5.41) is 35.4. The fraction of sp³-hybridized carbons (Fsp3) is 0.641. The molecule has 0 heterocycles. The van der Waals surface area contributed by atoms with Gasteiger partial charge >= 0.3 is 17.9 Å². The number of ketones is 1. The lowest BCUT2D eigenvalue weighted by molar-refractivity contribution is -0.207. The molecule has 5 rings (SSSR count). The van der Waals surface area contributed by atoms with Crippen molar-refractivity contribution in [3.63, 3.8) is 0 Å². The topological polar surface area (TPSA) is 157 Å². The Labute approximate surface area is 288 Å². The van der Waals surface area contributed by atoms with E-state index >= 15 is 4.79 Å². The molecule has 0 aromatic heterocycles. The van der Waals surface area contributed by atoms with E-state index < -0.39 is 94.1 Å². The minimum Gasteiger partial charge on any atom is -0.461 e. The molecule has 0 radical (unpaired) electrons. The van der Waals surface area contributed by atoms with E-state index in [4.69, 9.17) is 14.2 Å². The number of benzene rings is 1. The number of rotatable bonds is 10. The Kier molecular flexibility index (Phi) is 9.62. The second-order valence-corrected chi connectivity index (χ2v) is 15.9. The third kappa shape index (κ3) is 5.31. The first-order valence-corrected chi connectivity index (χ1v) is 17.5. The molecule has 4 aliphatic carbocycles. The monoisotopic (exact) mass is 680 g/mol. The van der Waals surface area contributed by atoms with Crippen LogP contribution in [-0.2, 0) is 28.6 Å². The van der Waals surface area contributed by atoms with Gasteiger partial charge in [0.05, 0.1) is 29.4 Å². The average molecular weight is 681 g/mol. The van der Waals surface area contributed by atoms with Gasteiger partial charge in [0.15, 0.2) is 17.5 Å². The third-order valence-electron chi connectivity index (χ3n) is 12.6. The fourth-order valence-electron chi connectivity index (χ4n) is 8.83. The highest BCUT2D eigenvalue weighted by Crippen LogP contribution is 2.75. The van der Waals surface area contributed by atoms with Gasteiger partial charge < -0.3 is 29.5 Å². The second-order valence-electron chi connectivity index (χ2n) is 15.9. The molecule has 0 aliphatic heterocycles. The van der Waals surface area contributed by atoms with Gasteiger partial charge in [0, 0.05) is 17.3 Å². The fourth-order valence-corrected chi connectivity index (χ4v) is 8.83. The first-order valence-electron chi connectivity index (χ1n) is 17.5. The van der Waals surface area contributed by atoms with Crippen LogP contribution >= 0.6 is 0 Å². The van der Waals surface area contributed by atoms with Crippen LogP contribution in [0.3, 0.4) is 0 Å². The Hall–Kier alpha value is -3.34. The lowest BCUT2D eigenvalue weighted by atomic mass is 9.58. The number of hydrogen-bond acceptors (Lipinski definition) is 10. The molecule has 0 amide bonds. The zero-order valence-electron chi connectivity index (χ0n) is 30.1. The molecule has 2 bridgehead atoms. The summed E-state index contributed by atoms with van der Waals surface area (Å²) in [7, 11) is 0. The minimum atomic E-state index is -2.37. The van der Waals surface area contributed by atoms with Crippen LogP contribution in [0.2, 0.25) is 0 Å². The molecule has 10 nitrogen and oxygen atoms in total. The lowest BCUT2D eigenvalue weighted by Gasteiger charge is -2.49. The second kappa shape index (κ2) is 12.8. The van der Waals surface area contributed by atoms with E-state index in [1.807, 2.05) is 34.6 Å². The summed E-state index contributed by atoms with van der Waals surface area (Å²) < 4.78 is 18.3. The van der Waals surface area contributed by atoms with Crippen molar-refractivity contribution in [3.05, 3.63) is 59.2 Å². The Morgan fingerprint density at radius 3 is 2.14 bits per heavy atom. The van der Waals surface area contributed by atoms with Crippen LogP contribution in [0.15, 0.2) is 53.6 Å². The number of esters is 3. The van der Waals surface area contributed by atoms with Gasteiger partial charge in [-0.3, -0.25) is 14.4 Å². The predicted molar refractivity (Wildman–Crippen MR) is 180 cm³/mol. The normalized spacial score (nSPS) is 37.5. The Morgan fingerprint density at radius 2 is 1.57 bits per heavy atom. The summed E-state index contributed by atoms with van der Waals surface area (Å²) in [4.78, 5) is 55.4. The van der Waals surface area contributed by atoms with E-state index in [-0.39, 0.29) is 30.4 Å². The first-order chi connectivity index (χ1) is 22.8. The van der Waals surface area contributed by atoms with Crippen molar-refractivity contribution in [2.45, 2.75) is 92.1 Å². The van der Waals surface area contributed by atoms with Crippen LogP contribution in [0.5, 0.6) is 0 Å². The predicted octanol–water partition coefficient (Wildman–Crippen LogP) is 4.45. The molecule has 0 saturated heterocycles. The van der Waals surface area contributed by atoms with Gasteiger partial charge in [-0.2, -0.15) is 0 Å². The van der Waals surface area contributed by atoms with Crippen molar-refractivity contribution < 1.29 is 48.7 Å². The van der Waals surface area contributed by atoms with Crippen LogP contribution in [-0.4, -0.2) is 75.6 Å². The van der Waals surface area contributed by atoms with Crippen molar-refractivity contribution in [1.82, 2.24) is 0 Å². The van der Waals surface area contributed by atoms with Crippen molar-refractivity contribution in [3.8, 4) is 0 Å². The lowest BCUT2D eigenvalue weighted by Crippen LogP contribution is -2.66. The van der Waals surface area contributed by atoms with E-state index in [2.05, 4.69) is 0 Å². The van der Waals surface area contributed by atoms with E-state index in [1.54, 1.807) is 64.1 Å². The van der Waals surface area contributed by atoms with Gasteiger partial charge in [0.25, 0.3) is 0 Å². The molecule has 268 valence electrons. The quantitative estimate of drug-likeness (QED) is 0.183. The number of carbonyl (C=O) groups excluding carboxylic acids is 4. The number of aliphatic hydroxyl groups is 3. The maximum Gasteiger partial charge on any atom is 0.338 e. The molecule has 2 unspecified atom stereocenters. The summed E-state index contributed by atoms with van der Waals surface area (Å²) in [6, 6.07) is 8.50. The Morgan fingerprint density at radius 1 is 0.980 bits per heavy atom. The molecule has 2 fully saturated rings. The van der Waals surface area contributed by atoms with Gasteiger partial charge in [-0.1, -0.05) is 85.7 Å². The van der Waals surface area contributed by atoms with Gasteiger partial charge in [0.2, 0.25) is 0 Å². The summed E-state index contributed by atoms with van der Waals surface area (Å²) in [6.45, 7) is 15.4. The summed E-state index contributed by atoms with van der Waals surface area (Å²) in [6.07, 6.45) is 0.0207. The zero-order chi connectivity index (χ0) is 36.4. The molecular formula is C39H52O10. The summed E-state index contributed by atoms with van der Waals surface area (Å²) in [5.41, 5.74) is -5.76. The van der Waals surface area contributed by atoms with Crippen molar-refractivity contribution >= 4 is 23.7 Å². The third-order valence-corrected chi connectivity index (χ3v) is 12.6. The number of fused-ring (bicyclic) bond motifs is 3.